The number of benzene rings is 1. The molecule has 0 fully saturated rings. The average molecular weight is 293 g/mol. The van der Waals surface area contributed by atoms with E-state index in [1.165, 1.54) is 4.47 Å². The van der Waals surface area contributed by atoms with E-state index in [1.807, 2.05) is 31.2 Å². The molecule has 0 saturated heterocycles. The van der Waals surface area contributed by atoms with Gasteiger partial charge in [0.15, 0.2) is 0 Å². The zero-order valence-electron chi connectivity index (χ0n) is 10.3. The van der Waals surface area contributed by atoms with E-state index in [1.54, 1.807) is 6.08 Å². The van der Waals surface area contributed by atoms with Crippen LogP contribution in [0.25, 0.3) is 4.47 Å². The van der Waals surface area contributed by atoms with Crippen molar-refractivity contribution < 1.29 is 4.79 Å². The maximum absolute atomic E-state index is 12.0. The Kier molecular flexibility index (Phi) is 5.96. The van der Waals surface area contributed by atoms with Gasteiger partial charge in [0.05, 0.1) is 0 Å². The van der Waals surface area contributed by atoms with Crippen molar-refractivity contribution in [2.45, 2.75) is 19.2 Å². The Morgan fingerprint density at radius 2 is 2.06 bits per heavy atom. The first kappa shape index (κ1) is 14.0. The molecule has 2 heteroatoms. The van der Waals surface area contributed by atoms with Gasteiger partial charge in [-0.15, -0.1) is 0 Å². The van der Waals surface area contributed by atoms with Crippen LogP contribution in [0.1, 0.15) is 18.9 Å². The molecule has 1 aromatic carbocycles. The maximum atomic E-state index is 12.0. The number of rotatable bonds is 6. The van der Waals surface area contributed by atoms with Crippen molar-refractivity contribution in [3.05, 3.63) is 54.6 Å². The minimum absolute atomic E-state index is 0.0357. The molecule has 1 aromatic rings. The van der Waals surface area contributed by atoms with Crippen LogP contribution >= 0.6 is 0 Å². The Bertz CT molecular complexity index is 406. The van der Waals surface area contributed by atoms with Gasteiger partial charge in [-0.2, -0.15) is 0 Å². The Morgan fingerprint density at radius 1 is 1.41 bits per heavy atom. The van der Waals surface area contributed by atoms with Crippen molar-refractivity contribution in [3.63, 3.8) is 0 Å². The van der Waals surface area contributed by atoms with Crippen molar-refractivity contribution in [3.8, 4) is 0 Å². The van der Waals surface area contributed by atoms with E-state index < -0.39 is 0 Å². The molecule has 1 unspecified atom stereocenters. The Morgan fingerprint density at radius 3 is 2.59 bits per heavy atom. The van der Waals surface area contributed by atoms with Gasteiger partial charge in [-0.25, -0.2) is 0 Å². The number of allylic oxidation sites excluding steroid dienone is 2. The van der Waals surface area contributed by atoms with E-state index >= 15 is 0 Å². The van der Waals surface area contributed by atoms with Crippen molar-refractivity contribution in [1.29, 1.82) is 0 Å². The molecule has 90 valence electrons. The third-order valence-corrected chi connectivity index (χ3v) is 4.22. The molecule has 0 heterocycles. The van der Waals surface area contributed by atoms with Gasteiger partial charge in [0, 0.05) is 0 Å². The van der Waals surface area contributed by atoms with Gasteiger partial charge in [-0.1, -0.05) is 0 Å². The molecule has 0 N–H and O–H groups in total. The second-order valence-corrected chi connectivity index (χ2v) is 5.69. The first-order chi connectivity index (χ1) is 8.19. The van der Waals surface area contributed by atoms with E-state index in [4.69, 9.17) is 0 Å². The van der Waals surface area contributed by atoms with Crippen molar-refractivity contribution in [2.24, 2.45) is 5.92 Å². The van der Waals surface area contributed by atoms with Crippen molar-refractivity contribution in [2.75, 3.05) is 0 Å². The predicted molar refractivity (Wildman–Crippen MR) is 75.0 cm³/mol. The van der Waals surface area contributed by atoms with Crippen LogP contribution in [0.2, 0.25) is 5.82 Å². The number of ketones is 1. The Balaban J connectivity index is 2.87. The molecule has 0 saturated carbocycles. The molecular formula is C15H18OSe. The Labute approximate surface area is 110 Å². The van der Waals surface area contributed by atoms with Crippen LogP contribution in [0.15, 0.2) is 49.1 Å². The number of hydrogen-bond acceptors (Lipinski definition) is 1. The fraction of sp³-hybridized carbons (Fsp3) is 0.267. The summed E-state index contributed by atoms with van der Waals surface area (Å²) in [7, 11) is 0. The van der Waals surface area contributed by atoms with Gasteiger partial charge in [-0.05, 0) is 0 Å². The zero-order valence-corrected chi connectivity index (χ0v) is 12.1. The number of carbonyl (C=O) groups is 1. The topological polar surface area (TPSA) is 17.1 Å². The molecule has 0 aliphatic carbocycles. The summed E-state index contributed by atoms with van der Waals surface area (Å²) < 4.78 is 1.17. The van der Waals surface area contributed by atoms with Crippen LogP contribution < -0.4 is 0 Å². The normalized spacial score (nSPS) is 13.2. The Hall–Kier alpha value is -1.11. The fourth-order valence-corrected chi connectivity index (χ4v) is 2.77. The van der Waals surface area contributed by atoms with E-state index in [0.717, 1.165) is 12.0 Å². The monoisotopic (exact) mass is 294 g/mol. The summed E-state index contributed by atoms with van der Waals surface area (Å²) in [6.45, 7) is 5.62. The molecule has 0 aliphatic rings. The van der Waals surface area contributed by atoms with Crippen LogP contribution in [-0.2, 0) is 4.79 Å². The van der Waals surface area contributed by atoms with Gasteiger partial charge in [0.2, 0.25) is 0 Å². The molecule has 0 spiro atoms. The predicted octanol–water partition coefficient (Wildman–Crippen LogP) is 3.56. The first-order valence-electron chi connectivity index (χ1n) is 5.65. The summed E-state index contributed by atoms with van der Waals surface area (Å²) in [4.78, 5) is 12.0. The van der Waals surface area contributed by atoms with Crippen LogP contribution in [0.4, 0.5) is 0 Å². The summed E-state index contributed by atoms with van der Waals surface area (Å²) in [6.07, 6.45) is 4.35. The zero-order chi connectivity index (χ0) is 12.7. The van der Waals surface area contributed by atoms with E-state index in [0.29, 0.717) is 15.0 Å². The summed E-state index contributed by atoms with van der Waals surface area (Å²) in [5.41, 5.74) is 1.16. The second-order valence-electron chi connectivity index (χ2n) is 3.91. The van der Waals surface area contributed by atoms with Crippen molar-refractivity contribution >= 4 is 25.2 Å². The first-order valence-corrected chi connectivity index (χ1v) is 8.21. The van der Waals surface area contributed by atoms with Crippen molar-refractivity contribution in [1.82, 2.24) is 0 Å². The fourth-order valence-electron chi connectivity index (χ4n) is 1.50. The van der Waals surface area contributed by atoms with E-state index in [9.17, 15) is 4.79 Å². The second kappa shape index (κ2) is 7.26. The average Bonchev–Trinajstić information content (AvgIpc) is 2.37. The molecule has 1 nitrogen and oxygen atoms in total. The summed E-state index contributed by atoms with van der Waals surface area (Å²) in [6, 6.07) is 10.1. The summed E-state index contributed by atoms with van der Waals surface area (Å²) >= 11 is 0.324. The van der Waals surface area contributed by atoms with Gasteiger partial charge < -0.3 is 0 Å². The molecule has 1 atom stereocenters. The standard InChI is InChI=1S/C15H18OSe/c1-4-8-12(2)14(16)11-15(17-3)13-9-6-5-7-10-13/h4-7,9-12H,1,8H2,2-3H3/b15-11-. The molecule has 0 amide bonds. The van der Waals surface area contributed by atoms with Crippen LogP contribution in [0.5, 0.6) is 0 Å². The SMILES string of the molecule is C=CCC(C)C(=O)/C=C(\[Se]C)c1ccccc1. The molecule has 0 radical (unpaired) electrons. The number of carbonyl (C=O) groups excluding carboxylic acids is 1. The minimum atomic E-state index is 0.0357. The summed E-state index contributed by atoms with van der Waals surface area (Å²) in [5.74, 6) is 2.37. The van der Waals surface area contributed by atoms with Gasteiger partial charge in [-0.3, -0.25) is 0 Å². The van der Waals surface area contributed by atoms with Crippen LogP contribution in [-0.4, -0.2) is 20.7 Å². The van der Waals surface area contributed by atoms with Gasteiger partial charge in [0.1, 0.15) is 0 Å². The van der Waals surface area contributed by atoms with E-state index in [-0.39, 0.29) is 11.7 Å². The van der Waals surface area contributed by atoms with Crippen LogP contribution in [0, 0.1) is 5.92 Å². The molecular weight excluding hydrogens is 275 g/mol. The van der Waals surface area contributed by atoms with E-state index in [2.05, 4.69) is 24.5 Å². The molecule has 0 aliphatic heterocycles. The quantitative estimate of drug-likeness (QED) is 0.445. The molecule has 17 heavy (non-hydrogen) atoms. The molecule has 0 bridgehead atoms. The molecule has 1 rings (SSSR count). The third kappa shape index (κ3) is 4.33. The summed E-state index contributed by atoms with van der Waals surface area (Å²) in [5, 5.41) is 0. The molecule has 0 aromatic heterocycles. The third-order valence-electron chi connectivity index (χ3n) is 2.56. The van der Waals surface area contributed by atoms with Gasteiger partial charge in [0.25, 0.3) is 0 Å². The van der Waals surface area contributed by atoms with Crippen LogP contribution in [0.3, 0.4) is 0 Å². The number of hydrogen-bond donors (Lipinski definition) is 0. The van der Waals surface area contributed by atoms with Gasteiger partial charge >= 0.3 is 110 Å².